The van der Waals surface area contributed by atoms with Gasteiger partial charge < -0.3 is 14.9 Å². The fraction of sp³-hybridized carbons (Fsp3) is 0.167. The minimum atomic E-state index is -0.562. The van der Waals surface area contributed by atoms with E-state index in [1.807, 2.05) is 62.4 Å². The fourth-order valence-corrected chi connectivity index (χ4v) is 3.12. The van der Waals surface area contributed by atoms with Crippen LogP contribution in [0.15, 0.2) is 58.1 Å². The first-order valence-corrected chi connectivity index (χ1v) is 8.67. The first kappa shape index (κ1) is 17.0. The molecular weight excluding hydrogens is 338 g/mol. The Kier molecular flexibility index (Phi) is 5.04. The lowest BCUT2D eigenvalue weighted by Gasteiger charge is -2.08. The summed E-state index contributed by atoms with van der Waals surface area (Å²) in [6.07, 6.45) is 0. The molecule has 25 heavy (non-hydrogen) atoms. The highest BCUT2D eigenvalue weighted by Crippen LogP contribution is 2.24. The molecule has 3 rings (SSSR count). The molecule has 0 aliphatic carbocycles. The summed E-state index contributed by atoms with van der Waals surface area (Å²) in [6, 6.07) is 15.0. The first-order valence-electron chi connectivity index (χ1n) is 7.69. The lowest BCUT2D eigenvalue weighted by Crippen LogP contribution is -2.35. The Balaban J connectivity index is 1.70. The molecule has 1 aromatic heterocycles. The zero-order chi connectivity index (χ0) is 17.8. The van der Waals surface area contributed by atoms with Crippen LogP contribution in [0.25, 0.3) is 5.69 Å². The number of para-hydroxylation sites is 1. The standard InChI is InChI=1S/C18H17N3O3S/c1-12-8-9-15(13(2)10-12)19-16(22)11-25-17-18(23)24-20-21(17)14-6-4-3-5-7-14/h3-10H,11H2,1-2H3,(H-,19,20,22,23). The summed E-state index contributed by atoms with van der Waals surface area (Å²) in [6.45, 7) is 3.94. The third-order valence-corrected chi connectivity index (χ3v) is 4.59. The molecule has 0 unspecified atom stereocenters. The topological polar surface area (TPSA) is 82.1 Å². The summed E-state index contributed by atoms with van der Waals surface area (Å²) in [5.74, 6) is -0.679. The third kappa shape index (κ3) is 4.00. The van der Waals surface area contributed by atoms with E-state index in [2.05, 4.69) is 10.6 Å². The molecule has 3 aromatic rings. The van der Waals surface area contributed by atoms with Crippen molar-refractivity contribution in [3.63, 3.8) is 0 Å². The highest BCUT2D eigenvalue weighted by atomic mass is 32.2. The average Bonchev–Trinajstić information content (AvgIpc) is 2.97. The molecule has 0 aliphatic heterocycles. The number of anilines is 1. The molecule has 0 bridgehead atoms. The zero-order valence-electron chi connectivity index (χ0n) is 13.9. The maximum absolute atomic E-state index is 12.2. The molecule has 1 heterocycles. The van der Waals surface area contributed by atoms with Gasteiger partial charge in [0, 0.05) is 17.8 Å². The van der Waals surface area contributed by atoms with Crippen molar-refractivity contribution in [2.45, 2.75) is 18.9 Å². The average molecular weight is 355 g/mol. The monoisotopic (exact) mass is 355 g/mol. The number of amides is 1. The van der Waals surface area contributed by atoms with E-state index in [0.717, 1.165) is 28.6 Å². The predicted molar refractivity (Wildman–Crippen MR) is 92.8 cm³/mol. The van der Waals surface area contributed by atoms with Crippen LogP contribution in [0, 0.1) is 13.8 Å². The van der Waals surface area contributed by atoms with Gasteiger partial charge in [0.15, 0.2) is 5.95 Å². The molecule has 0 saturated heterocycles. The third-order valence-electron chi connectivity index (χ3n) is 3.57. The predicted octanol–water partition coefficient (Wildman–Crippen LogP) is 2.37. The van der Waals surface area contributed by atoms with Crippen LogP contribution in [0.4, 0.5) is 5.69 Å². The number of benzene rings is 2. The molecule has 1 N–H and O–H groups in total. The SMILES string of the molecule is Cc1ccc(NC(=O)CSc2c([O-])on[n+]2-c2ccccc2)c(C)c1. The summed E-state index contributed by atoms with van der Waals surface area (Å²) in [5, 5.41) is 18.7. The van der Waals surface area contributed by atoms with Crippen molar-refractivity contribution in [3.8, 4) is 11.6 Å². The van der Waals surface area contributed by atoms with Crippen molar-refractivity contribution in [2.75, 3.05) is 11.1 Å². The van der Waals surface area contributed by atoms with Crippen LogP contribution in [0.2, 0.25) is 0 Å². The van der Waals surface area contributed by atoms with E-state index in [0.29, 0.717) is 5.69 Å². The molecule has 0 atom stereocenters. The first-order chi connectivity index (χ1) is 12.0. The van der Waals surface area contributed by atoms with Gasteiger partial charge in [-0.15, -0.1) is 0 Å². The summed E-state index contributed by atoms with van der Waals surface area (Å²) in [5.41, 5.74) is 3.59. The van der Waals surface area contributed by atoms with Crippen molar-refractivity contribution in [1.29, 1.82) is 0 Å². The van der Waals surface area contributed by atoms with Gasteiger partial charge >= 0.3 is 0 Å². The largest absolute Gasteiger partial charge is 0.538 e. The van der Waals surface area contributed by atoms with E-state index in [4.69, 9.17) is 4.52 Å². The molecule has 0 spiro atoms. The van der Waals surface area contributed by atoms with Gasteiger partial charge in [0.2, 0.25) is 11.6 Å². The van der Waals surface area contributed by atoms with Gasteiger partial charge in [0.1, 0.15) is 0 Å². The molecule has 7 heteroatoms. The quantitative estimate of drug-likeness (QED) is 0.561. The second kappa shape index (κ2) is 7.40. The van der Waals surface area contributed by atoms with E-state index >= 15 is 0 Å². The Morgan fingerprint density at radius 1 is 1.24 bits per heavy atom. The minimum Gasteiger partial charge on any atom is -0.538 e. The summed E-state index contributed by atoms with van der Waals surface area (Å²) >= 11 is 1.09. The number of carbonyl (C=O) groups excluding carboxylic acids is 1. The molecule has 6 nitrogen and oxygen atoms in total. The number of hydrogen-bond acceptors (Lipinski definition) is 5. The van der Waals surface area contributed by atoms with E-state index in [1.165, 1.54) is 4.68 Å². The van der Waals surface area contributed by atoms with Gasteiger partial charge in [-0.1, -0.05) is 35.9 Å². The highest BCUT2D eigenvalue weighted by Gasteiger charge is 2.22. The van der Waals surface area contributed by atoms with Crippen molar-refractivity contribution in [2.24, 2.45) is 0 Å². The van der Waals surface area contributed by atoms with Crippen LogP contribution >= 0.6 is 11.8 Å². The van der Waals surface area contributed by atoms with Crippen LogP contribution in [0.3, 0.4) is 0 Å². The van der Waals surface area contributed by atoms with Crippen molar-refractivity contribution >= 4 is 23.4 Å². The van der Waals surface area contributed by atoms with E-state index in [9.17, 15) is 9.90 Å². The van der Waals surface area contributed by atoms with Crippen molar-refractivity contribution in [3.05, 3.63) is 59.7 Å². The molecule has 1 amide bonds. The van der Waals surface area contributed by atoms with E-state index in [1.54, 1.807) is 0 Å². The molecule has 2 aromatic carbocycles. The number of nitrogens with zero attached hydrogens (tertiary/aromatic N) is 2. The Hall–Kier alpha value is -2.80. The number of carbonyl (C=O) groups is 1. The number of hydrogen-bond donors (Lipinski definition) is 1. The Morgan fingerprint density at radius 2 is 2.00 bits per heavy atom. The second-order valence-electron chi connectivity index (χ2n) is 5.57. The molecule has 128 valence electrons. The van der Waals surface area contributed by atoms with Gasteiger partial charge in [-0.25, -0.2) is 0 Å². The van der Waals surface area contributed by atoms with E-state index in [-0.39, 0.29) is 16.7 Å². The van der Waals surface area contributed by atoms with Crippen LogP contribution in [0.1, 0.15) is 11.1 Å². The molecule has 0 radical (unpaired) electrons. The summed E-state index contributed by atoms with van der Waals surface area (Å²) < 4.78 is 6.14. The van der Waals surface area contributed by atoms with E-state index < -0.39 is 5.95 Å². The molecule has 0 aliphatic rings. The summed E-state index contributed by atoms with van der Waals surface area (Å²) in [7, 11) is 0. The van der Waals surface area contributed by atoms with Crippen molar-refractivity contribution in [1.82, 2.24) is 5.27 Å². The van der Waals surface area contributed by atoms with Crippen LogP contribution in [-0.2, 0) is 4.79 Å². The Labute approximate surface area is 149 Å². The molecular formula is C18H17N3O3S. The van der Waals surface area contributed by atoms with Gasteiger partial charge in [-0.3, -0.25) is 4.79 Å². The second-order valence-corrected chi connectivity index (χ2v) is 6.53. The number of rotatable bonds is 5. The van der Waals surface area contributed by atoms with Gasteiger partial charge in [0.05, 0.1) is 11.0 Å². The number of aromatic nitrogens is 2. The maximum atomic E-state index is 12.2. The van der Waals surface area contributed by atoms with Crippen LogP contribution in [-0.4, -0.2) is 16.9 Å². The molecule has 0 fully saturated rings. The van der Waals surface area contributed by atoms with Gasteiger partial charge in [-0.05, 0) is 41.9 Å². The minimum absolute atomic E-state index is 0.0800. The van der Waals surface area contributed by atoms with Crippen molar-refractivity contribution < 1.29 is 19.1 Å². The zero-order valence-corrected chi connectivity index (χ0v) is 14.7. The lowest BCUT2D eigenvalue weighted by atomic mass is 10.1. The van der Waals surface area contributed by atoms with Gasteiger partial charge in [0.25, 0.3) is 5.03 Å². The number of nitrogens with one attached hydrogen (secondary N) is 1. The number of aryl methyl sites for hydroxylation is 2. The molecule has 0 saturated carbocycles. The van der Waals surface area contributed by atoms with Crippen LogP contribution in [0.5, 0.6) is 5.95 Å². The highest BCUT2D eigenvalue weighted by molar-refractivity contribution is 7.99. The van der Waals surface area contributed by atoms with Gasteiger partial charge in [-0.2, -0.15) is 0 Å². The summed E-state index contributed by atoms with van der Waals surface area (Å²) in [4.78, 5) is 12.2. The number of thioether (sulfide) groups is 1. The Morgan fingerprint density at radius 3 is 2.72 bits per heavy atom. The lowest BCUT2D eigenvalue weighted by molar-refractivity contribution is -0.705. The Bertz CT molecular complexity index is 894. The normalized spacial score (nSPS) is 10.6. The fourth-order valence-electron chi connectivity index (χ4n) is 2.37. The smallest absolute Gasteiger partial charge is 0.298 e. The van der Waals surface area contributed by atoms with Crippen LogP contribution < -0.4 is 15.1 Å². The maximum Gasteiger partial charge on any atom is 0.298 e.